The predicted molar refractivity (Wildman–Crippen MR) is 74.6 cm³/mol. The Balaban J connectivity index is 2.14. The first-order valence-corrected chi connectivity index (χ1v) is 6.53. The SMILES string of the molecule is CC1Nc2ccccc2CC1C(=O)NC(C)(C)C. The second-order valence-corrected chi connectivity index (χ2v) is 6.14. The number of nitrogens with one attached hydrogen (secondary N) is 2. The number of rotatable bonds is 1. The molecule has 0 radical (unpaired) electrons. The Morgan fingerprint density at radius 3 is 2.67 bits per heavy atom. The van der Waals surface area contributed by atoms with Crippen molar-refractivity contribution in [2.45, 2.75) is 45.7 Å². The zero-order chi connectivity index (χ0) is 13.3. The third-order valence-electron chi connectivity index (χ3n) is 3.28. The minimum absolute atomic E-state index is 0.000810. The van der Waals surface area contributed by atoms with Crippen LogP contribution in [0.15, 0.2) is 24.3 Å². The Kier molecular flexibility index (Phi) is 3.33. The standard InChI is InChI=1S/C15H22N2O/c1-10-12(14(18)17-15(2,3)4)9-11-7-5-6-8-13(11)16-10/h5-8,10,12,16H,9H2,1-4H3,(H,17,18). The molecule has 1 aliphatic heterocycles. The highest BCUT2D eigenvalue weighted by molar-refractivity contribution is 5.82. The van der Waals surface area contributed by atoms with Gasteiger partial charge in [0.1, 0.15) is 0 Å². The number of amides is 1. The molecule has 18 heavy (non-hydrogen) atoms. The third kappa shape index (κ3) is 2.84. The van der Waals surface area contributed by atoms with E-state index in [-0.39, 0.29) is 23.4 Å². The zero-order valence-electron chi connectivity index (χ0n) is 11.6. The molecule has 3 heteroatoms. The normalized spacial score (nSPS) is 22.9. The quantitative estimate of drug-likeness (QED) is 0.799. The van der Waals surface area contributed by atoms with Crippen molar-refractivity contribution in [3.63, 3.8) is 0 Å². The van der Waals surface area contributed by atoms with Crippen molar-refractivity contribution < 1.29 is 4.79 Å². The Morgan fingerprint density at radius 1 is 1.33 bits per heavy atom. The van der Waals surface area contributed by atoms with Crippen molar-refractivity contribution in [2.24, 2.45) is 5.92 Å². The lowest BCUT2D eigenvalue weighted by Crippen LogP contribution is -2.49. The third-order valence-corrected chi connectivity index (χ3v) is 3.28. The van der Waals surface area contributed by atoms with Crippen LogP contribution in [-0.2, 0) is 11.2 Å². The van der Waals surface area contributed by atoms with Gasteiger partial charge < -0.3 is 10.6 Å². The molecule has 3 nitrogen and oxygen atoms in total. The van der Waals surface area contributed by atoms with E-state index in [1.807, 2.05) is 32.9 Å². The summed E-state index contributed by atoms with van der Waals surface area (Å²) in [4.78, 5) is 12.3. The molecule has 2 atom stereocenters. The van der Waals surface area contributed by atoms with Gasteiger partial charge in [0.15, 0.2) is 0 Å². The van der Waals surface area contributed by atoms with Crippen molar-refractivity contribution in [1.29, 1.82) is 0 Å². The second-order valence-electron chi connectivity index (χ2n) is 6.14. The van der Waals surface area contributed by atoms with Gasteiger partial charge >= 0.3 is 0 Å². The largest absolute Gasteiger partial charge is 0.382 e. The molecule has 0 saturated carbocycles. The lowest BCUT2D eigenvalue weighted by atomic mass is 9.87. The van der Waals surface area contributed by atoms with Gasteiger partial charge in [0.2, 0.25) is 5.91 Å². The van der Waals surface area contributed by atoms with Gasteiger partial charge in [0.05, 0.1) is 5.92 Å². The van der Waals surface area contributed by atoms with E-state index in [4.69, 9.17) is 0 Å². The number of hydrogen-bond acceptors (Lipinski definition) is 2. The van der Waals surface area contributed by atoms with Crippen LogP contribution in [0, 0.1) is 5.92 Å². The first kappa shape index (κ1) is 12.9. The highest BCUT2D eigenvalue weighted by atomic mass is 16.2. The van der Waals surface area contributed by atoms with E-state index in [0.29, 0.717) is 0 Å². The van der Waals surface area contributed by atoms with E-state index in [9.17, 15) is 4.79 Å². The van der Waals surface area contributed by atoms with Gasteiger partial charge in [-0.25, -0.2) is 0 Å². The number of fused-ring (bicyclic) bond motifs is 1. The lowest BCUT2D eigenvalue weighted by molar-refractivity contribution is -0.126. The van der Waals surface area contributed by atoms with Crippen LogP contribution in [-0.4, -0.2) is 17.5 Å². The maximum atomic E-state index is 12.3. The molecule has 1 amide bonds. The first-order valence-electron chi connectivity index (χ1n) is 6.53. The molecule has 1 heterocycles. The van der Waals surface area contributed by atoms with Crippen LogP contribution in [0.25, 0.3) is 0 Å². The predicted octanol–water partition coefficient (Wildman–Crippen LogP) is 2.57. The minimum atomic E-state index is -0.173. The van der Waals surface area contributed by atoms with Gasteiger partial charge in [0.25, 0.3) is 0 Å². The number of hydrogen-bond donors (Lipinski definition) is 2. The highest BCUT2D eigenvalue weighted by Crippen LogP contribution is 2.28. The van der Waals surface area contributed by atoms with Crippen LogP contribution in [0.5, 0.6) is 0 Å². The van der Waals surface area contributed by atoms with Crippen LogP contribution < -0.4 is 10.6 Å². The summed E-state index contributed by atoms with van der Waals surface area (Å²) in [5.41, 5.74) is 2.21. The smallest absolute Gasteiger partial charge is 0.225 e. The van der Waals surface area contributed by atoms with Crippen molar-refractivity contribution >= 4 is 11.6 Å². The molecule has 0 fully saturated rings. The molecule has 2 unspecified atom stereocenters. The Hall–Kier alpha value is -1.51. The number of benzene rings is 1. The summed E-state index contributed by atoms with van der Waals surface area (Å²) < 4.78 is 0. The average Bonchev–Trinajstić information content (AvgIpc) is 2.25. The van der Waals surface area contributed by atoms with E-state index in [1.54, 1.807) is 0 Å². The van der Waals surface area contributed by atoms with Crippen LogP contribution in [0.2, 0.25) is 0 Å². The maximum Gasteiger partial charge on any atom is 0.225 e. The van der Waals surface area contributed by atoms with Gasteiger partial charge in [-0.2, -0.15) is 0 Å². The van der Waals surface area contributed by atoms with Gasteiger partial charge in [0, 0.05) is 17.3 Å². The summed E-state index contributed by atoms with van der Waals surface area (Å²) in [5, 5.41) is 6.49. The van der Waals surface area contributed by atoms with E-state index in [0.717, 1.165) is 12.1 Å². The number of carbonyl (C=O) groups excluding carboxylic acids is 1. The molecular weight excluding hydrogens is 224 g/mol. The molecular formula is C15H22N2O. The Morgan fingerprint density at radius 2 is 2.00 bits per heavy atom. The Bertz CT molecular complexity index is 448. The summed E-state index contributed by atoms with van der Waals surface area (Å²) in [6.45, 7) is 8.11. The van der Waals surface area contributed by atoms with Crippen LogP contribution in [0.4, 0.5) is 5.69 Å². The van der Waals surface area contributed by atoms with Gasteiger partial charge in [-0.15, -0.1) is 0 Å². The summed E-state index contributed by atoms with van der Waals surface area (Å²) in [7, 11) is 0. The monoisotopic (exact) mass is 246 g/mol. The summed E-state index contributed by atoms with van der Waals surface area (Å²) in [5.74, 6) is 0.135. The van der Waals surface area contributed by atoms with Crippen molar-refractivity contribution in [3.8, 4) is 0 Å². The number of anilines is 1. The number of para-hydroxylation sites is 1. The fraction of sp³-hybridized carbons (Fsp3) is 0.533. The molecule has 98 valence electrons. The molecule has 1 aromatic carbocycles. The summed E-state index contributed by atoms with van der Waals surface area (Å²) >= 11 is 0. The average molecular weight is 246 g/mol. The zero-order valence-corrected chi connectivity index (χ0v) is 11.6. The molecule has 0 spiro atoms. The lowest BCUT2D eigenvalue weighted by Gasteiger charge is -2.33. The minimum Gasteiger partial charge on any atom is -0.382 e. The van der Waals surface area contributed by atoms with Crippen LogP contribution in [0.3, 0.4) is 0 Å². The van der Waals surface area contributed by atoms with Crippen molar-refractivity contribution in [2.75, 3.05) is 5.32 Å². The van der Waals surface area contributed by atoms with Gasteiger partial charge in [-0.3, -0.25) is 4.79 Å². The molecule has 2 rings (SSSR count). The van der Waals surface area contributed by atoms with E-state index >= 15 is 0 Å². The van der Waals surface area contributed by atoms with E-state index in [1.165, 1.54) is 5.56 Å². The van der Waals surface area contributed by atoms with Gasteiger partial charge in [-0.05, 0) is 45.7 Å². The Labute approximate surface area is 109 Å². The van der Waals surface area contributed by atoms with E-state index < -0.39 is 0 Å². The van der Waals surface area contributed by atoms with Crippen LogP contribution >= 0.6 is 0 Å². The molecule has 2 N–H and O–H groups in total. The molecule has 0 saturated heterocycles. The molecule has 0 aromatic heterocycles. The molecule has 1 aromatic rings. The highest BCUT2D eigenvalue weighted by Gasteiger charge is 2.31. The molecule has 1 aliphatic rings. The van der Waals surface area contributed by atoms with Crippen molar-refractivity contribution in [1.82, 2.24) is 5.32 Å². The summed E-state index contributed by atoms with van der Waals surface area (Å²) in [6, 6.07) is 8.38. The fourth-order valence-electron chi connectivity index (χ4n) is 2.38. The van der Waals surface area contributed by atoms with Gasteiger partial charge in [-0.1, -0.05) is 18.2 Å². The topological polar surface area (TPSA) is 41.1 Å². The molecule has 0 bridgehead atoms. The fourth-order valence-corrected chi connectivity index (χ4v) is 2.38. The summed E-state index contributed by atoms with van der Waals surface area (Å²) in [6.07, 6.45) is 0.812. The first-order chi connectivity index (χ1) is 8.37. The molecule has 0 aliphatic carbocycles. The number of carbonyl (C=O) groups is 1. The maximum absolute atomic E-state index is 12.3. The second kappa shape index (κ2) is 4.63. The van der Waals surface area contributed by atoms with Crippen LogP contribution in [0.1, 0.15) is 33.3 Å². The van der Waals surface area contributed by atoms with E-state index in [2.05, 4.69) is 29.7 Å². The van der Waals surface area contributed by atoms with Crippen molar-refractivity contribution in [3.05, 3.63) is 29.8 Å².